The summed E-state index contributed by atoms with van der Waals surface area (Å²) >= 11 is 0. The van der Waals surface area contributed by atoms with E-state index in [9.17, 15) is 4.79 Å². The lowest BCUT2D eigenvalue weighted by Crippen LogP contribution is -2.38. The molecule has 0 aliphatic carbocycles. The zero-order chi connectivity index (χ0) is 22.0. The maximum Gasteiger partial charge on any atom is 0.410 e. The highest BCUT2D eigenvalue weighted by Gasteiger charge is 2.30. The lowest BCUT2D eigenvalue weighted by Gasteiger charge is -2.27. The first-order chi connectivity index (χ1) is 14.8. The summed E-state index contributed by atoms with van der Waals surface area (Å²) in [6, 6.07) is 10.9. The van der Waals surface area contributed by atoms with Gasteiger partial charge in [0.15, 0.2) is 0 Å². The van der Waals surface area contributed by atoms with E-state index in [-0.39, 0.29) is 6.09 Å². The van der Waals surface area contributed by atoms with Gasteiger partial charge in [0.1, 0.15) is 17.2 Å². The third-order valence-corrected chi connectivity index (χ3v) is 6.05. The van der Waals surface area contributed by atoms with E-state index in [2.05, 4.69) is 36.1 Å². The molecule has 1 fully saturated rings. The molecule has 0 bridgehead atoms. The number of fused-ring (bicyclic) bond motifs is 1. The molecule has 2 aromatic rings. The predicted molar refractivity (Wildman–Crippen MR) is 123 cm³/mol. The Balaban J connectivity index is 1.63. The standard InChI is InChI=1S/C25H34N4O2/c1-18-9-8-14-29(18)23-20-12-15-28(24(30)31-25(2,3)4)16-13-21(20)26-22(27-23)17-19-10-6-5-7-11-19/h5-7,10-11,18H,8-9,12-17H2,1-4H3/t18-/m1/s1. The Kier molecular flexibility index (Phi) is 6.17. The molecule has 1 amide bonds. The van der Waals surface area contributed by atoms with Gasteiger partial charge < -0.3 is 14.5 Å². The fraction of sp³-hybridized carbons (Fsp3) is 0.560. The lowest BCUT2D eigenvalue weighted by atomic mass is 10.1. The van der Waals surface area contributed by atoms with Crippen molar-refractivity contribution in [3.63, 3.8) is 0 Å². The second-order valence-corrected chi connectivity index (χ2v) is 9.70. The SMILES string of the molecule is C[C@@H]1CCCN1c1nc(Cc2ccccc2)nc2c1CCN(C(=O)OC(C)(C)C)CC2. The van der Waals surface area contributed by atoms with Crippen molar-refractivity contribution >= 4 is 11.9 Å². The van der Waals surface area contributed by atoms with Gasteiger partial charge in [0, 0.05) is 44.1 Å². The van der Waals surface area contributed by atoms with Crippen LogP contribution in [-0.4, -0.2) is 52.2 Å². The van der Waals surface area contributed by atoms with Crippen LogP contribution in [0.1, 0.15) is 63.2 Å². The molecule has 1 aromatic carbocycles. The molecule has 1 atom stereocenters. The average molecular weight is 423 g/mol. The number of carbonyl (C=O) groups excluding carboxylic acids is 1. The van der Waals surface area contributed by atoms with Crippen LogP contribution in [0.5, 0.6) is 0 Å². The number of hydrogen-bond donors (Lipinski definition) is 0. The van der Waals surface area contributed by atoms with Gasteiger partial charge >= 0.3 is 6.09 Å². The first kappa shape index (κ1) is 21.6. The molecule has 3 heterocycles. The van der Waals surface area contributed by atoms with Crippen molar-refractivity contribution < 1.29 is 9.53 Å². The Bertz CT molecular complexity index is 923. The zero-order valence-electron chi connectivity index (χ0n) is 19.2. The van der Waals surface area contributed by atoms with Gasteiger partial charge in [-0.25, -0.2) is 14.8 Å². The van der Waals surface area contributed by atoms with Crippen LogP contribution < -0.4 is 4.90 Å². The summed E-state index contributed by atoms with van der Waals surface area (Å²) in [6.07, 6.45) is 4.36. The summed E-state index contributed by atoms with van der Waals surface area (Å²) in [5.74, 6) is 1.94. The van der Waals surface area contributed by atoms with Gasteiger partial charge in [-0.05, 0) is 52.5 Å². The Hall–Kier alpha value is -2.63. The van der Waals surface area contributed by atoms with Gasteiger partial charge in [-0.1, -0.05) is 30.3 Å². The summed E-state index contributed by atoms with van der Waals surface area (Å²) in [5.41, 5.74) is 3.01. The van der Waals surface area contributed by atoms with Crippen molar-refractivity contribution in [2.24, 2.45) is 0 Å². The molecule has 0 N–H and O–H groups in total. The van der Waals surface area contributed by atoms with Crippen molar-refractivity contribution in [1.82, 2.24) is 14.9 Å². The van der Waals surface area contributed by atoms with Gasteiger partial charge in [-0.15, -0.1) is 0 Å². The summed E-state index contributed by atoms with van der Waals surface area (Å²) in [7, 11) is 0. The van der Waals surface area contributed by atoms with Crippen LogP contribution >= 0.6 is 0 Å². The van der Waals surface area contributed by atoms with Crippen LogP contribution in [0.3, 0.4) is 0 Å². The van der Waals surface area contributed by atoms with Gasteiger partial charge in [0.25, 0.3) is 0 Å². The number of aromatic nitrogens is 2. The highest BCUT2D eigenvalue weighted by Crippen LogP contribution is 2.31. The maximum atomic E-state index is 12.7. The van der Waals surface area contributed by atoms with Crippen LogP contribution in [0.25, 0.3) is 0 Å². The minimum Gasteiger partial charge on any atom is -0.444 e. The molecule has 31 heavy (non-hydrogen) atoms. The molecule has 0 unspecified atom stereocenters. The Morgan fingerprint density at radius 3 is 2.52 bits per heavy atom. The topological polar surface area (TPSA) is 58.6 Å². The Morgan fingerprint density at radius 1 is 1.10 bits per heavy atom. The molecule has 0 spiro atoms. The molecule has 2 aliphatic heterocycles. The molecule has 1 saturated heterocycles. The first-order valence-electron chi connectivity index (χ1n) is 11.5. The van der Waals surface area contributed by atoms with E-state index in [1.165, 1.54) is 24.0 Å². The van der Waals surface area contributed by atoms with E-state index in [0.29, 0.717) is 19.1 Å². The molecule has 2 aliphatic rings. The van der Waals surface area contributed by atoms with Crippen molar-refractivity contribution in [2.45, 2.75) is 71.4 Å². The fourth-order valence-corrected chi connectivity index (χ4v) is 4.48. The van der Waals surface area contributed by atoms with Gasteiger partial charge in [-0.2, -0.15) is 0 Å². The second-order valence-electron chi connectivity index (χ2n) is 9.70. The third kappa shape index (κ3) is 5.17. The van der Waals surface area contributed by atoms with E-state index < -0.39 is 5.60 Å². The Labute approximate surface area is 185 Å². The molecule has 6 nitrogen and oxygen atoms in total. The van der Waals surface area contributed by atoms with E-state index in [1.807, 2.05) is 31.7 Å². The van der Waals surface area contributed by atoms with Gasteiger partial charge in [0.05, 0.1) is 5.69 Å². The molecule has 1 aromatic heterocycles. The number of amides is 1. The predicted octanol–water partition coefficient (Wildman–Crippen LogP) is 4.39. The molecule has 166 valence electrons. The number of rotatable bonds is 3. The van der Waals surface area contributed by atoms with Crippen LogP contribution in [0.4, 0.5) is 10.6 Å². The maximum absolute atomic E-state index is 12.7. The summed E-state index contributed by atoms with van der Waals surface area (Å²) in [6.45, 7) is 10.3. The average Bonchev–Trinajstić information content (AvgIpc) is 3.01. The zero-order valence-corrected chi connectivity index (χ0v) is 19.2. The van der Waals surface area contributed by atoms with Crippen molar-refractivity contribution in [2.75, 3.05) is 24.5 Å². The van der Waals surface area contributed by atoms with E-state index in [1.54, 1.807) is 0 Å². The van der Waals surface area contributed by atoms with Crippen LogP contribution in [0, 0.1) is 0 Å². The summed E-state index contributed by atoms with van der Waals surface area (Å²) in [4.78, 5) is 27.0. The minimum absolute atomic E-state index is 0.242. The summed E-state index contributed by atoms with van der Waals surface area (Å²) in [5, 5.41) is 0. The molecule has 0 radical (unpaired) electrons. The van der Waals surface area contributed by atoms with Gasteiger partial charge in [0.2, 0.25) is 0 Å². The highest BCUT2D eigenvalue weighted by atomic mass is 16.6. The largest absolute Gasteiger partial charge is 0.444 e. The third-order valence-electron chi connectivity index (χ3n) is 6.05. The quantitative estimate of drug-likeness (QED) is 0.734. The fourth-order valence-electron chi connectivity index (χ4n) is 4.48. The first-order valence-corrected chi connectivity index (χ1v) is 11.5. The molecular weight excluding hydrogens is 388 g/mol. The highest BCUT2D eigenvalue weighted by molar-refractivity contribution is 5.68. The van der Waals surface area contributed by atoms with Crippen LogP contribution in [-0.2, 0) is 24.0 Å². The summed E-state index contributed by atoms with van der Waals surface area (Å²) < 4.78 is 5.62. The van der Waals surface area contributed by atoms with Gasteiger partial charge in [-0.3, -0.25) is 0 Å². The monoisotopic (exact) mass is 422 g/mol. The number of ether oxygens (including phenoxy) is 1. The lowest BCUT2D eigenvalue weighted by molar-refractivity contribution is 0.0258. The molecule has 4 rings (SSSR count). The molecule has 0 saturated carbocycles. The Morgan fingerprint density at radius 2 is 1.84 bits per heavy atom. The number of hydrogen-bond acceptors (Lipinski definition) is 5. The van der Waals surface area contributed by atoms with Crippen molar-refractivity contribution in [3.8, 4) is 0 Å². The van der Waals surface area contributed by atoms with E-state index in [0.717, 1.165) is 43.1 Å². The van der Waals surface area contributed by atoms with Crippen LogP contribution in [0.2, 0.25) is 0 Å². The van der Waals surface area contributed by atoms with Crippen molar-refractivity contribution in [3.05, 3.63) is 53.0 Å². The smallest absolute Gasteiger partial charge is 0.410 e. The minimum atomic E-state index is -0.491. The normalized spacial score (nSPS) is 19.2. The van der Waals surface area contributed by atoms with Crippen molar-refractivity contribution in [1.29, 1.82) is 0 Å². The van der Waals surface area contributed by atoms with E-state index >= 15 is 0 Å². The van der Waals surface area contributed by atoms with Crippen LogP contribution in [0.15, 0.2) is 30.3 Å². The second kappa shape index (κ2) is 8.85. The number of anilines is 1. The number of carbonyl (C=O) groups is 1. The van der Waals surface area contributed by atoms with E-state index in [4.69, 9.17) is 14.7 Å². The molecule has 6 heteroatoms. The molecular formula is C25H34N4O2. The number of nitrogens with zero attached hydrogens (tertiary/aromatic N) is 4. The number of benzene rings is 1.